The molecule has 10 heteroatoms. The van der Waals surface area contributed by atoms with Crippen LogP contribution in [0.25, 0.3) is 10.4 Å². The minimum atomic E-state index is -3.29. The van der Waals surface area contributed by atoms with Crippen molar-refractivity contribution in [3.05, 3.63) is 46.8 Å². The highest BCUT2D eigenvalue weighted by Gasteiger charge is 2.26. The quantitative estimate of drug-likeness (QED) is 0.635. The maximum absolute atomic E-state index is 13.1. The van der Waals surface area contributed by atoms with Crippen molar-refractivity contribution in [2.75, 3.05) is 18.7 Å². The lowest BCUT2D eigenvalue weighted by molar-refractivity contribution is -0.133. The molecule has 1 aromatic heterocycles. The fourth-order valence-corrected chi connectivity index (χ4v) is 4.21. The second-order valence-corrected chi connectivity index (χ2v) is 9.71. The van der Waals surface area contributed by atoms with Gasteiger partial charge in [0.2, 0.25) is 0 Å². The molecule has 0 unspecified atom stereocenters. The first-order chi connectivity index (χ1) is 13.1. The van der Waals surface area contributed by atoms with Crippen molar-refractivity contribution >= 4 is 27.1 Å². The molecule has 2 N–H and O–H groups in total. The van der Waals surface area contributed by atoms with Crippen LogP contribution in [0.5, 0.6) is 0 Å². The van der Waals surface area contributed by atoms with E-state index in [1.807, 2.05) is 12.1 Å². The lowest BCUT2D eigenvalue weighted by Crippen LogP contribution is -2.43. The number of carbonyl (C=O) groups is 1. The highest BCUT2D eigenvalue weighted by molar-refractivity contribution is 7.90. The number of benzene rings is 1. The van der Waals surface area contributed by atoms with Crippen LogP contribution in [0.4, 0.5) is 13.2 Å². The molecule has 1 amide bonds. The molecular weight excluding hydrogens is 415 g/mol. The zero-order chi connectivity index (χ0) is 20.9. The molecular formula is C18H20F3NO4S2. The first kappa shape index (κ1) is 22.4. The molecule has 0 fully saturated rings. The van der Waals surface area contributed by atoms with Crippen LogP contribution in [-0.4, -0.2) is 50.6 Å². The number of nitrogens with one attached hydrogen (secondary N) is 1. The number of amides is 1. The predicted molar refractivity (Wildman–Crippen MR) is 102 cm³/mol. The van der Waals surface area contributed by atoms with Gasteiger partial charge in [-0.1, -0.05) is 24.3 Å². The summed E-state index contributed by atoms with van der Waals surface area (Å²) in [5.74, 6) is -1.58. The summed E-state index contributed by atoms with van der Waals surface area (Å²) in [6.07, 6.45) is -3.17. The number of alkyl halides is 3. The third-order valence-electron chi connectivity index (χ3n) is 3.99. The van der Waals surface area contributed by atoms with Gasteiger partial charge in [0, 0.05) is 16.0 Å². The van der Waals surface area contributed by atoms with Crippen molar-refractivity contribution in [3.63, 3.8) is 0 Å². The van der Waals surface area contributed by atoms with Gasteiger partial charge in [-0.2, -0.15) is 8.78 Å². The lowest BCUT2D eigenvalue weighted by Gasteiger charge is -2.21. The summed E-state index contributed by atoms with van der Waals surface area (Å²) in [5, 5.41) is 11.9. The van der Waals surface area contributed by atoms with Crippen LogP contribution >= 0.6 is 11.3 Å². The third kappa shape index (κ3) is 6.32. The summed E-state index contributed by atoms with van der Waals surface area (Å²) in [6.45, 7) is -1.20. The Morgan fingerprint density at radius 3 is 2.36 bits per heavy atom. The largest absolute Gasteiger partial charge is 0.386 e. The molecule has 0 aliphatic carbocycles. The van der Waals surface area contributed by atoms with Crippen LogP contribution in [-0.2, 0) is 21.1 Å². The molecule has 2 atom stereocenters. The zero-order valence-electron chi connectivity index (χ0n) is 14.9. The SMILES string of the molecule is CS(=O)(=O)CCc1ccc(-c2ccc([C@H](O)[C@@H](CF)NC(=O)C(F)F)cc2)s1. The Bertz CT molecular complexity index is 898. The van der Waals surface area contributed by atoms with E-state index in [4.69, 9.17) is 0 Å². The lowest BCUT2D eigenvalue weighted by atomic mass is 10.0. The van der Waals surface area contributed by atoms with Crippen molar-refractivity contribution < 1.29 is 31.5 Å². The van der Waals surface area contributed by atoms with Crippen molar-refractivity contribution in [2.24, 2.45) is 0 Å². The Kier molecular flexibility index (Phi) is 7.62. The summed E-state index contributed by atoms with van der Waals surface area (Å²) in [5.41, 5.74) is 1.08. The highest BCUT2D eigenvalue weighted by atomic mass is 32.2. The summed E-state index contributed by atoms with van der Waals surface area (Å²) in [4.78, 5) is 12.8. The van der Waals surface area contributed by atoms with Crippen molar-refractivity contribution in [1.29, 1.82) is 0 Å². The Morgan fingerprint density at radius 1 is 1.18 bits per heavy atom. The minimum absolute atomic E-state index is 0.0625. The van der Waals surface area contributed by atoms with E-state index in [1.54, 1.807) is 17.4 Å². The summed E-state index contributed by atoms with van der Waals surface area (Å²) in [6, 6.07) is 8.61. The normalized spacial score (nSPS) is 14.1. The number of thiophene rings is 1. The van der Waals surface area contributed by atoms with Gasteiger partial charge in [-0.05, 0) is 29.7 Å². The minimum Gasteiger partial charge on any atom is -0.386 e. The molecule has 28 heavy (non-hydrogen) atoms. The molecule has 0 bridgehead atoms. The van der Waals surface area contributed by atoms with Crippen LogP contribution in [0.1, 0.15) is 16.5 Å². The van der Waals surface area contributed by atoms with Gasteiger partial charge in [0.25, 0.3) is 5.91 Å². The number of hydrogen-bond acceptors (Lipinski definition) is 5. The average molecular weight is 435 g/mol. The molecule has 1 heterocycles. The number of aryl methyl sites for hydroxylation is 1. The van der Waals surface area contributed by atoms with Crippen molar-refractivity contribution in [3.8, 4) is 10.4 Å². The Hall–Kier alpha value is -1.91. The molecule has 0 saturated heterocycles. The molecule has 0 aliphatic rings. The second kappa shape index (κ2) is 9.53. The molecule has 0 saturated carbocycles. The second-order valence-electron chi connectivity index (χ2n) is 6.28. The summed E-state index contributed by atoms with van der Waals surface area (Å²) in [7, 11) is -3.05. The first-order valence-corrected chi connectivity index (χ1v) is 11.2. The Balaban J connectivity index is 2.08. The number of hydrogen-bond donors (Lipinski definition) is 2. The molecule has 0 aliphatic heterocycles. The van der Waals surface area contributed by atoms with Crippen LogP contribution in [0.15, 0.2) is 36.4 Å². The highest BCUT2D eigenvalue weighted by Crippen LogP contribution is 2.30. The molecule has 2 aromatic rings. The van der Waals surface area contributed by atoms with Gasteiger partial charge in [-0.3, -0.25) is 4.79 Å². The predicted octanol–water partition coefficient (Wildman–Crippen LogP) is 2.76. The van der Waals surface area contributed by atoms with E-state index in [1.165, 1.54) is 29.7 Å². The molecule has 154 valence electrons. The van der Waals surface area contributed by atoms with Crippen LogP contribution in [0.2, 0.25) is 0 Å². The van der Waals surface area contributed by atoms with E-state index in [0.717, 1.165) is 15.3 Å². The average Bonchev–Trinajstić information content (AvgIpc) is 3.12. The van der Waals surface area contributed by atoms with Gasteiger partial charge in [-0.25, -0.2) is 12.8 Å². The van der Waals surface area contributed by atoms with Crippen molar-refractivity contribution in [1.82, 2.24) is 5.32 Å². The zero-order valence-corrected chi connectivity index (χ0v) is 16.6. The number of carbonyl (C=O) groups excluding carboxylic acids is 1. The topological polar surface area (TPSA) is 83.5 Å². The van der Waals surface area contributed by atoms with E-state index in [-0.39, 0.29) is 11.3 Å². The van der Waals surface area contributed by atoms with E-state index in [9.17, 15) is 31.5 Å². The summed E-state index contributed by atoms with van der Waals surface area (Å²) >= 11 is 1.44. The summed E-state index contributed by atoms with van der Waals surface area (Å²) < 4.78 is 60.2. The molecule has 1 aromatic carbocycles. The molecule has 2 rings (SSSR count). The number of aliphatic hydroxyl groups excluding tert-OH is 1. The first-order valence-electron chi connectivity index (χ1n) is 8.30. The van der Waals surface area contributed by atoms with Gasteiger partial charge >= 0.3 is 6.43 Å². The van der Waals surface area contributed by atoms with Crippen molar-refractivity contribution in [2.45, 2.75) is 25.0 Å². The maximum atomic E-state index is 13.1. The smallest absolute Gasteiger partial charge is 0.315 e. The monoisotopic (exact) mass is 435 g/mol. The molecule has 5 nitrogen and oxygen atoms in total. The van der Waals surface area contributed by atoms with Gasteiger partial charge in [0.15, 0.2) is 0 Å². The van der Waals surface area contributed by atoms with Gasteiger partial charge in [0.1, 0.15) is 22.6 Å². The van der Waals surface area contributed by atoms with E-state index in [0.29, 0.717) is 6.42 Å². The number of aliphatic hydroxyl groups is 1. The van der Waals surface area contributed by atoms with Gasteiger partial charge < -0.3 is 10.4 Å². The maximum Gasteiger partial charge on any atom is 0.315 e. The fraction of sp³-hybridized carbons (Fsp3) is 0.389. The van der Waals surface area contributed by atoms with E-state index >= 15 is 0 Å². The van der Waals surface area contributed by atoms with E-state index < -0.39 is 41.0 Å². The Morgan fingerprint density at radius 2 is 1.82 bits per heavy atom. The van der Waals surface area contributed by atoms with Gasteiger partial charge in [-0.15, -0.1) is 11.3 Å². The third-order valence-corrected chi connectivity index (χ3v) is 6.13. The number of sulfone groups is 1. The van der Waals surface area contributed by atoms with E-state index in [2.05, 4.69) is 0 Å². The van der Waals surface area contributed by atoms with Crippen LogP contribution < -0.4 is 5.32 Å². The van der Waals surface area contributed by atoms with Gasteiger partial charge in [0.05, 0.1) is 11.8 Å². The number of halogens is 3. The fourth-order valence-electron chi connectivity index (χ4n) is 2.48. The Labute approximate surface area is 165 Å². The van der Waals surface area contributed by atoms with Crippen LogP contribution in [0.3, 0.4) is 0 Å². The molecule has 0 spiro atoms. The molecule has 0 radical (unpaired) electrons. The number of rotatable bonds is 9. The standard InChI is InChI=1S/C18H20F3NO4S2/c1-28(25,26)9-8-13-6-7-15(27-13)11-2-4-12(5-3-11)16(23)14(10-19)22-18(24)17(20)21/h2-7,14,16-17,23H,8-10H2,1H3,(H,22,24)/t14-,16+/m1/s1. The van der Waals surface area contributed by atoms with Crippen LogP contribution in [0, 0.1) is 0 Å².